The third-order valence-electron chi connectivity index (χ3n) is 4.17. The first-order valence-electron chi connectivity index (χ1n) is 8.63. The molecule has 0 bridgehead atoms. The Morgan fingerprint density at radius 1 is 1.04 bits per heavy atom. The molecular weight excluding hydrogens is 324 g/mol. The molecule has 0 atom stereocenters. The second-order valence-corrected chi connectivity index (χ2v) is 6.17. The van der Waals surface area contributed by atoms with Crippen LogP contribution in [-0.4, -0.2) is 15.9 Å². The van der Waals surface area contributed by atoms with Gasteiger partial charge >= 0.3 is 0 Å². The quantitative estimate of drug-likeness (QED) is 0.705. The second-order valence-electron chi connectivity index (χ2n) is 6.17. The maximum absolute atomic E-state index is 12.5. The first-order valence-corrected chi connectivity index (χ1v) is 8.63. The zero-order valence-electron chi connectivity index (χ0n) is 15.2. The van der Waals surface area contributed by atoms with Crippen LogP contribution in [-0.2, 0) is 6.42 Å². The highest BCUT2D eigenvalue weighted by Gasteiger charge is 2.11. The molecule has 0 radical (unpaired) electrons. The molecule has 26 heavy (non-hydrogen) atoms. The van der Waals surface area contributed by atoms with Crippen molar-refractivity contribution in [3.05, 3.63) is 77.1 Å². The molecule has 132 valence electrons. The van der Waals surface area contributed by atoms with E-state index in [1.54, 1.807) is 12.3 Å². The topological polar surface area (TPSA) is 66.9 Å². The number of para-hydroxylation sites is 1. The second kappa shape index (κ2) is 7.78. The van der Waals surface area contributed by atoms with Gasteiger partial charge in [-0.3, -0.25) is 4.79 Å². The Labute approximate surface area is 153 Å². The number of nitrogens with zero attached hydrogens (tertiary/aromatic N) is 2. The number of hydrogen-bond donors (Lipinski definition) is 2. The van der Waals surface area contributed by atoms with Crippen LogP contribution >= 0.6 is 0 Å². The van der Waals surface area contributed by atoms with E-state index in [0.29, 0.717) is 11.6 Å². The van der Waals surface area contributed by atoms with Crippen LogP contribution in [0.15, 0.2) is 54.7 Å². The Morgan fingerprint density at radius 2 is 1.81 bits per heavy atom. The van der Waals surface area contributed by atoms with Gasteiger partial charge in [-0.15, -0.1) is 0 Å². The molecule has 0 aliphatic rings. The molecule has 1 heterocycles. The molecule has 1 aromatic heterocycles. The third kappa shape index (κ3) is 4.06. The Balaban J connectivity index is 1.80. The Bertz CT molecular complexity index is 920. The van der Waals surface area contributed by atoms with Crippen LogP contribution in [0.25, 0.3) is 0 Å². The summed E-state index contributed by atoms with van der Waals surface area (Å²) in [6.45, 7) is 6.14. The van der Waals surface area contributed by atoms with E-state index in [1.165, 1.54) is 5.56 Å². The first kappa shape index (κ1) is 17.6. The molecule has 0 saturated heterocycles. The summed E-state index contributed by atoms with van der Waals surface area (Å²) >= 11 is 0. The molecule has 0 unspecified atom stereocenters. The van der Waals surface area contributed by atoms with Gasteiger partial charge in [0.15, 0.2) is 0 Å². The van der Waals surface area contributed by atoms with E-state index in [0.717, 1.165) is 28.9 Å². The van der Waals surface area contributed by atoms with Crippen molar-refractivity contribution in [3.8, 4) is 0 Å². The minimum atomic E-state index is -0.264. The van der Waals surface area contributed by atoms with Crippen LogP contribution in [0, 0.1) is 13.8 Å². The molecule has 3 aromatic rings. The van der Waals surface area contributed by atoms with Crippen LogP contribution in [0.5, 0.6) is 0 Å². The van der Waals surface area contributed by atoms with Crippen molar-refractivity contribution >= 4 is 23.2 Å². The molecule has 2 N–H and O–H groups in total. The number of carbonyl (C=O) groups excluding carboxylic acids is 1. The van der Waals surface area contributed by atoms with E-state index < -0.39 is 0 Å². The van der Waals surface area contributed by atoms with Crippen molar-refractivity contribution in [3.63, 3.8) is 0 Å². The molecule has 3 rings (SSSR count). The molecule has 0 saturated carbocycles. The largest absolute Gasteiger partial charge is 0.324 e. The van der Waals surface area contributed by atoms with Crippen molar-refractivity contribution in [2.45, 2.75) is 27.2 Å². The molecule has 5 heteroatoms. The number of anilines is 3. The van der Waals surface area contributed by atoms with E-state index in [2.05, 4.69) is 33.6 Å². The van der Waals surface area contributed by atoms with Crippen LogP contribution in [0.4, 0.5) is 17.3 Å². The fraction of sp³-hybridized carbons (Fsp3) is 0.190. The lowest BCUT2D eigenvalue weighted by molar-refractivity contribution is 0.102. The molecule has 0 aliphatic heterocycles. The van der Waals surface area contributed by atoms with E-state index in [4.69, 9.17) is 0 Å². The summed E-state index contributed by atoms with van der Waals surface area (Å²) in [4.78, 5) is 21.1. The molecule has 0 fully saturated rings. The molecule has 0 spiro atoms. The molecule has 2 aromatic carbocycles. The number of amides is 1. The van der Waals surface area contributed by atoms with E-state index in [-0.39, 0.29) is 5.91 Å². The van der Waals surface area contributed by atoms with Crippen LogP contribution in [0.1, 0.15) is 34.1 Å². The Morgan fingerprint density at radius 3 is 2.54 bits per heavy atom. The van der Waals surface area contributed by atoms with Crippen LogP contribution in [0.3, 0.4) is 0 Å². The number of hydrogen-bond acceptors (Lipinski definition) is 4. The lowest BCUT2D eigenvalue weighted by Crippen LogP contribution is -2.15. The van der Waals surface area contributed by atoms with Crippen LogP contribution in [0.2, 0.25) is 0 Å². The summed E-state index contributed by atoms with van der Waals surface area (Å²) in [7, 11) is 0. The summed E-state index contributed by atoms with van der Waals surface area (Å²) in [5, 5.41) is 6.11. The Kier molecular flexibility index (Phi) is 5.27. The van der Waals surface area contributed by atoms with Gasteiger partial charge in [-0.1, -0.05) is 42.8 Å². The van der Waals surface area contributed by atoms with E-state index >= 15 is 0 Å². The fourth-order valence-electron chi connectivity index (χ4n) is 2.69. The average Bonchev–Trinajstić information content (AvgIpc) is 2.65. The number of aromatic nitrogens is 2. The highest BCUT2D eigenvalue weighted by molar-refractivity contribution is 6.03. The van der Waals surface area contributed by atoms with Crippen molar-refractivity contribution in [2.75, 3.05) is 10.6 Å². The van der Waals surface area contributed by atoms with Gasteiger partial charge in [-0.05, 0) is 49.6 Å². The lowest BCUT2D eigenvalue weighted by atomic mass is 10.1. The fourth-order valence-corrected chi connectivity index (χ4v) is 2.69. The normalized spacial score (nSPS) is 10.4. The minimum absolute atomic E-state index is 0.264. The molecule has 1 amide bonds. The smallest absolute Gasteiger partial charge is 0.274 e. The van der Waals surface area contributed by atoms with Crippen molar-refractivity contribution in [1.82, 2.24) is 9.97 Å². The molecular formula is C21H22N4O. The molecule has 0 aliphatic carbocycles. The predicted molar refractivity (Wildman–Crippen MR) is 105 cm³/mol. The maximum atomic E-state index is 12.5. The van der Waals surface area contributed by atoms with Crippen molar-refractivity contribution in [1.29, 1.82) is 0 Å². The van der Waals surface area contributed by atoms with Gasteiger partial charge in [0.05, 0.1) is 0 Å². The number of rotatable bonds is 5. The number of benzene rings is 2. The van der Waals surface area contributed by atoms with Gasteiger partial charge < -0.3 is 10.6 Å². The van der Waals surface area contributed by atoms with Gasteiger partial charge in [0.2, 0.25) is 5.95 Å². The van der Waals surface area contributed by atoms with Gasteiger partial charge in [0.25, 0.3) is 5.91 Å². The van der Waals surface area contributed by atoms with Gasteiger partial charge in [-0.25, -0.2) is 9.97 Å². The van der Waals surface area contributed by atoms with Gasteiger partial charge in [0.1, 0.15) is 5.69 Å². The highest BCUT2D eigenvalue weighted by atomic mass is 16.1. The zero-order valence-corrected chi connectivity index (χ0v) is 15.2. The van der Waals surface area contributed by atoms with Crippen LogP contribution < -0.4 is 10.6 Å². The minimum Gasteiger partial charge on any atom is -0.324 e. The Hall–Kier alpha value is -3.21. The van der Waals surface area contributed by atoms with Crippen molar-refractivity contribution in [2.24, 2.45) is 0 Å². The summed E-state index contributed by atoms with van der Waals surface area (Å²) < 4.78 is 0. The summed E-state index contributed by atoms with van der Waals surface area (Å²) in [5.74, 6) is 0.144. The van der Waals surface area contributed by atoms with Crippen molar-refractivity contribution < 1.29 is 4.79 Å². The number of carbonyl (C=O) groups is 1. The lowest BCUT2D eigenvalue weighted by Gasteiger charge is -2.13. The van der Waals surface area contributed by atoms with Gasteiger partial charge in [0, 0.05) is 17.6 Å². The maximum Gasteiger partial charge on any atom is 0.274 e. The van der Waals surface area contributed by atoms with E-state index in [1.807, 2.05) is 50.2 Å². The highest BCUT2D eigenvalue weighted by Crippen LogP contribution is 2.23. The molecule has 5 nitrogen and oxygen atoms in total. The number of nitrogens with one attached hydrogen (secondary N) is 2. The zero-order chi connectivity index (χ0) is 18.5. The summed E-state index contributed by atoms with van der Waals surface area (Å²) in [5.41, 5.74) is 5.48. The number of aryl methyl sites for hydroxylation is 3. The first-order chi connectivity index (χ1) is 12.6. The SMILES string of the molecule is CCc1cccc(C)c1Nc1nccc(C(=O)Nc2ccc(C)cc2)n1. The summed E-state index contributed by atoms with van der Waals surface area (Å²) in [6, 6.07) is 15.4. The third-order valence-corrected chi connectivity index (χ3v) is 4.17. The predicted octanol–water partition coefficient (Wildman–Crippen LogP) is 4.65. The summed E-state index contributed by atoms with van der Waals surface area (Å²) in [6.07, 6.45) is 2.49. The average molecular weight is 346 g/mol. The standard InChI is InChI=1S/C21H22N4O/c1-4-16-7-5-6-15(3)19(16)25-21-22-13-12-18(24-21)20(26)23-17-10-8-14(2)9-11-17/h5-13H,4H2,1-3H3,(H,23,26)(H,22,24,25). The monoisotopic (exact) mass is 346 g/mol. The van der Waals surface area contributed by atoms with Gasteiger partial charge in [-0.2, -0.15) is 0 Å². The van der Waals surface area contributed by atoms with E-state index in [9.17, 15) is 4.79 Å².